The normalized spacial score (nSPS) is 12.4. The third-order valence-electron chi connectivity index (χ3n) is 2.16. The van der Waals surface area contributed by atoms with E-state index in [2.05, 4.69) is 15.5 Å². The molecule has 1 atom stereocenters. The minimum absolute atomic E-state index is 0.0659. The number of carbonyl (C=O) groups is 1. The molecular formula is C10H18N4O2. The van der Waals surface area contributed by atoms with Crippen LogP contribution in [0.1, 0.15) is 30.0 Å². The third-order valence-corrected chi connectivity index (χ3v) is 2.16. The highest BCUT2D eigenvalue weighted by Crippen LogP contribution is 2.12. The maximum atomic E-state index is 11.7. The fourth-order valence-corrected chi connectivity index (χ4v) is 1.24. The van der Waals surface area contributed by atoms with E-state index < -0.39 is 0 Å². The molecule has 0 aliphatic carbocycles. The van der Waals surface area contributed by atoms with Crippen molar-refractivity contribution in [3.8, 4) is 0 Å². The molecule has 1 aromatic heterocycles. The van der Waals surface area contributed by atoms with Crippen LogP contribution in [0.5, 0.6) is 0 Å². The molecule has 1 aromatic rings. The molecule has 1 heterocycles. The van der Waals surface area contributed by atoms with Crippen molar-refractivity contribution in [2.45, 2.75) is 26.8 Å². The van der Waals surface area contributed by atoms with Gasteiger partial charge in [0.15, 0.2) is 5.69 Å². The molecule has 0 saturated heterocycles. The number of carbonyl (C=O) groups excluding carboxylic acids is 1. The van der Waals surface area contributed by atoms with E-state index in [4.69, 9.17) is 10.5 Å². The summed E-state index contributed by atoms with van der Waals surface area (Å²) in [5, 5.41) is 9.27. The minimum Gasteiger partial charge on any atom is -0.395 e. The number of aromatic amines is 1. The molecule has 0 bridgehead atoms. The number of hydrogen-bond donors (Lipinski definition) is 3. The number of ether oxygens (including phenoxy) is 1. The molecule has 0 spiro atoms. The summed E-state index contributed by atoms with van der Waals surface area (Å²) in [6.45, 7) is 6.64. The Balaban J connectivity index is 2.55. The molecule has 16 heavy (non-hydrogen) atoms. The zero-order chi connectivity index (χ0) is 12.1. The lowest BCUT2D eigenvalue weighted by Crippen LogP contribution is -2.36. The first-order chi connectivity index (χ1) is 7.56. The molecule has 4 N–H and O–H groups in total. The Morgan fingerprint density at radius 1 is 1.69 bits per heavy atom. The molecule has 6 nitrogen and oxygen atoms in total. The van der Waals surface area contributed by atoms with Crippen LogP contribution >= 0.6 is 0 Å². The van der Waals surface area contributed by atoms with Crippen LogP contribution < -0.4 is 11.1 Å². The molecule has 0 aliphatic heterocycles. The Morgan fingerprint density at radius 2 is 2.38 bits per heavy atom. The molecule has 1 amide bonds. The Labute approximate surface area is 94.5 Å². The third kappa shape index (κ3) is 2.96. The SMILES string of the molecule is CCOCC(C)NC(=O)c1n[nH]c(C)c1N. The van der Waals surface area contributed by atoms with Gasteiger partial charge < -0.3 is 15.8 Å². The highest BCUT2D eigenvalue weighted by molar-refractivity contribution is 5.97. The van der Waals surface area contributed by atoms with Gasteiger partial charge in [0.2, 0.25) is 0 Å². The van der Waals surface area contributed by atoms with Crippen LogP contribution in [-0.4, -0.2) is 35.4 Å². The van der Waals surface area contributed by atoms with Crippen molar-refractivity contribution in [2.24, 2.45) is 0 Å². The number of aryl methyl sites for hydroxylation is 1. The predicted octanol–water partition coefficient (Wildman–Crippen LogP) is 0.455. The average molecular weight is 226 g/mol. The summed E-state index contributed by atoms with van der Waals surface area (Å²) in [6.07, 6.45) is 0. The molecule has 1 rings (SSSR count). The summed E-state index contributed by atoms with van der Waals surface area (Å²) in [5.74, 6) is -0.283. The molecule has 90 valence electrons. The van der Waals surface area contributed by atoms with Crippen LogP contribution in [0.4, 0.5) is 5.69 Å². The summed E-state index contributed by atoms with van der Waals surface area (Å²) >= 11 is 0. The van der Waals surface area contributed by atoms with Crippen molar-refractivity contribution >= 4 is 11.6 Å². The van der Waals surface area contributed by atoms with E-state index in [9.17, 15) is 4.79 Å². The lowest BCUT2D eigenvalue weighted by molar-refractivity contribution is 0.0868. The van der Waals surface area contributed by atoms with Gasteiger partial charge in [0.25, 0.3) is 5.91 Å². The first kappa shape index (κ1) is 12.5. The van der Waals surface area contributed by atoms with E-state index in [0.717, 1.165) is 0 Å². The predicted molar refractivity (Wildman–Crippen MR) is 61.2 cm³/mol. The first-order valence-corrected chi connectivity index (χ1v) is 5.25. The summed E-state index contributed by atoms with van der Waals surface area (Å²) in [7, 11) is 0. The van der Waals surface area contributed by atoms with Crippen LogP contribution in [0.25, 0.3) is 0 Å². The van der Waals surface area contributed by atoms with E-state index in [1.165, 1.54) is 0 Å². The van der Waals surface area contributed by atoms with Crippen molar-refractivity contribution < 1.29 is 9.53 Å². The van der Waals surface area contributed by atoms with Gasteiger partial charge >= 0.3 is 0 Å². The molecular weight excluding hydrogens is 208 g/mol. The number of nitrogen functional groups attached to an aromatic ring is 1. The molecule has 6 heteroatoms. The Kier molecular flexibility index (Phi) is 4.30. The van der Waals surface area contributed by atoms with Crippen molar-refractivity contribution in [1.82, 2.24) is 15.5 Å². The van der Waals surface area contributed by atoms with E-state index in [-0.39, 0.29) is 17.6 Å². The quantitative estimate of drug-likeness (QED) is 0.679. The maximum absolute atomic E-state index is 11.7. The standard InChI is InChI=1S/C10H18N4O2/c1-4-16-5-6(2)12-10(15)9-8(11)7(3)13-14-9/h6H,4-5,11H2,1-3H3,(H,12,15)(H,13,14). The first-order valence-electron chi connectivity index (χ1n) is 5.25. The number of H-pyrrole nitrogens is 1. The van der Waals surface area contributed by atoms with E-state index in [0.29, 0.717) is 24.6 Å². The van der Waals surface area contributed by atoms with Crippen molar-refractivity contribution in [2.75, 3.05) is 18.9 Å². The van der Waals surface area contributed by atoms with Gasteiger partial charge in [-0.1, -0.05) is 0 Å². The topological polar surface area (TPSA) is 93.0 Å². The van der Waals surface area contributed by atoms with Crippen molar-refractivity contribution in [3.05, 3.63) is 11.4 Å². The number of hydrogen-bond acceptors (Lipinski definition) is 4. The van der Waals surface area contributed by atoms with Gasteiger partial charge in [-0.15, -0.1) is 0 Å². The number of rotatable bonds is 5. The maximum Gasteiger partial charge on any atom is 0.274 e. The Morgan fingerprint density at radius 3 is 2.88 bits per heavy atom. The van der Waals surface area contributed by atoms with Gasteiger partial charge in [0, 0.05) is 12.6 Å². The van der Waals surface area contributed by atoms with Gasteiger partial charge in [0.05, 0.1) is 18.0 Å². The number of nitrogens with two attached hydrogens (primary N) is 1. The summed E-state index contributed by atoms with van der Waals surface area (Å²) in [6, 6.07) is -0.0659. The van der Waals surface area contributed by atoms with Gasteiger partial charge in [0.1, 0.15) is 0 Å². The van der Waals surface area contributed by atoms with Gasteiger partial charge in [-0.2, -0.15) is 5.10 Å². The number of anilines is 1. The number of nitrogens with one attached hydrogen (secondary N) is 2. The zero-order valence-corrected chi connectivity index (χ0v) is 9.83. The second-order valence-corrected chi connectivity index (χ2v) is 3.64. The number of nitrogens with zero attached hydrogens (tertiary/aromatic N) is 1. The van der Waals surface area contributed by atoms with Crippen LogP contribution in [-0.2, 0) is 4.74 Å². The average Bonchev–Trinajstić information content (AvgIpc) is 2.57. The zero-order valence-electron chi connectivity index (χ0n) is 9.83. The van der Waals surface area contributed by atoms with Crippen LogP contribution in [0.15, 0.2) is 0 Å². The van der Waals surface area contributed by atoms with Crippen molar-refractivity contribution in [1.29, 1.82) is 0 Å². The Bertz CT molecular complexity index is 362. The summed E-state index contributed by atoms with van der Waals surface area (Å²) in [5.41, 5.74) is 7.02. The highest BCUT2D eigenvalue weighted by atomic mass is 16.5. The lowest BCUT2D eigenvalue weighted by Gasteiger charge is -2.12. The van der Waals surface area contributed by atoms with E-state index in [1.54, 1.807) is 6.92 Å². The molecule has 0 radical (unpaired) electrons. The summed E-state index contributed by atoms with van der Waals surface area (Å²) in [4.78, 5) is 11.7. The number of aromatic nitrogens is 2. The van der Waals surface area contributed by atoms with Crippen molar-refractivity contribution in [3.63, 3.8) is 0 Å². The Hall–Kier alpha value is -1.56. The molecule has 1 unspecified atom stereocenters. The lowest BCUT2D eigenvalue weighted by atomic mass is 10.2. The van der Waals surface area contributed by atoms with E-state index in [1.807, 2.05) is 13.8 Å². The molecule has 0 aliphatic rings. The fraction of sp³-hybridized carbons (Fsp3) is 0.600. The smallest absolute Gasteiger partial charge is 0.274 e. The van der Waals surface area contributed by atoms with Gasteiger partial charge in [-0.25, -0.2) is 0 Å². The second-order valence-electron chi connectivity index (χ2n) is 3.64. The highest BCUT2D eigenvalue weighted by Gasteiger charge is 2.16. The van der Waals surface area contributed by atoms with Crippen LogP contribution in [0.2, 0.25) is 0 Å². The minimum atomic E-state index is -0.283. The molecule has 0 aromatic carbocycles. The summed E-state index contributed by atoms with van der Waals surface area (Å²) < 4.78 is 5.19. The molecule has 0 fully saturated rings. The van der Waals surface area contributed by atoms with Crippen LogP contribution in [0.3, 0.4) is 0 Å². The second kappa shape index (κ2) is 5.50. The van der Waals surface area contributed by atoms with E-state index >= 15 is 0 Å². The fourth-order valence-electron chi connectivity index (χ4n) is 1.24. The molecule has 0 saturated carbocycles. The largest absolute Gasteiger partial charge is 0.395 e. The number of amides is 1. The van der Waals surface area contributed by atoms with Gasteiger partial charge in [-0.3, -0.25) is 9.89 Å². The van der Waals surface area contributed by atoms with Crippen LogP contribution in [0, 0.1) is 6.92 Å². The van der Waals surface area contributed by atoms with Gasteiger partial charge in [-0.05, 0) is 20.8 Å². The monoisotopic (exact) mass is 226 g/mol.